The lowest BCUT2D eigenvalue weighted by atomic mass is 10.0. The van der Waals surface area contributed by atoms with Crippen LogP contribution in [0, 0.1) is 0 Å². The van der Waals surface area contributed by atoms with Gasteiger partial charge in [-0.25, -0.2) is 0 Å². The van der Waals surface area contributed by atoms with Crippen molar-refractivity contribution in [1.29, 1.82) is 0 Å². The van der Waals surface area contributed by atoms with Crippen molar-refractivity contribution >= 4 is 0 Å². The van der Waals surface area contributed by atoms with Gasteiger partial charge in [0.15, 0.2) is 0 Å². The third kappa shape index (κ3) is 5.07. The molecule has 0 amide bonds. The summed E-state index contributed by atoms with van der Waals surface area (Å²) in [6.07, 6.45) is 2.05. The quantitative estimate of drug-likeness (QED) is 0.684. The van der Waals surface area contributed by atoms with E-state index in [1.165, 1.54) is 5.56 Å². The second kappa shape index (κ2) is 8.95. The third-order valence-corrected chi connectivity index (χ3v) is 2.82. The zero-order chi connectivity index (χ0) is 13.2. The van der Waals surface area contributed by atoms with E-state index in [0.717, 1.165) is 31.8 Å². The summed E-state index contributed by atoms with van der Waals surface area (Å²) < 4.78 is 11.1. The fraction of sp³-hybridized carbons (Fsp3) is 0.600. The molecule has 0 aromatic heterocycles. The van der Waals surface area contributed by atoms with Gasteiger partial charge in [-0.15, -0.1) is 0 Å². The number of ether oxygens (including phenoxy) is 2. The first-order valence-corrected chi connectivity index (χ1v) is 6.79. The molecule has 1 aromatic carbocycles. The highest BCUT2D eigenvalue weighted by Gasteiger charge is 2.09. The molecule has 0 saturated carbocycles. The van der Waals surface area contributed by atoms with Crippen molar-refractivity contribution in [3.05, 3.63) is 29.8 Å². The van der Waals surface area contributed by atoms with Gasteiger partial charge in [-0.3, -0.25) is 0 Å². The molecule has 0 saturated heterocycles. The van der Waals surface area contributed by atoms with E-state index in [9.17, 15) is 0 Å². The molecule has 18 heavy (non-hydrogen) atoms. The van der Waals surface area contributed by atoms with Gasteiger partial charge in [0.1, 0.15) is 5.75 Å². The summed E-state index contributed by atoms with van der Waals surface area (Å²) in [4.78, 5) is 0. The Labute approximate surface area is 110 Å². The molecule has 3 heteroatoms. The second-order valence-electron chi connectivity index (χ2n) is 4.25. The average molecular weight is 251 g/mol. The van der Waals surface area contributed by atoms with Crippen LogP contribution in [0.2, 0.25) is 0 Å². The summed E-state index contributed by atoms with van der Waals surface area (Å²) in [5.41, 5.74) is 1.25. The van der Waals surface area contributed by atoms with Gasteiger partial charge in [0, 0.05) is 19.3 Å². The Kier molecular flexibility index (Phi) is 7.46. The van der Waals surface area contributed by atoms with E-state index in [1.807, 2.05) is 26.1 Å². The van der Waals surface area contributed by atoms with Crippen molar-refractivity contribution in [3.63, 3.8) is 0 Å². The van der Waals surface area contributed by atoms with Crippen molar-refractivity contribution in [1.82, 2.24) is 5.32 Å². The van der Waals surface area contributed by atoms with Crippen LogP contribution in [-0.2, 0) is 4.74 Å². The van der Waals surface area contributed by atoms with Crippen LogP contribution in [0.25, 0.3) is 0 Å². The highest BCUT2D eigenvalue weighted by atomic mass is 16.5. The normalized spacial score (nSPS) is 12.4. The maximum atomic E-state index is 5.54. The Morgan fingerprint density at radius 3 is 2.72 bits per heavy atom. The van der Waals surface area contributed by atoms with E-state index in [1.54, 1.807) is 0 Å². The third-order valence-electron chi connectivity index (χ3n) is 2.82. The molecule has 0 radical (unpaired) electrons. The molecule has 0 bridgehead atoms. The van der Waals surface area contributed by atoms with E-state index in [0.29, 0.717) is 12.6 Å². The van der Waals surface area contributed by atoms with Gasteiger partial charge in [-0.05, 0) is 44.5 Å². The van der Waals surface area contributed by atoms with Crippen molar-refractivity contribution in [3.8, 4) is 5.75 Å². The van der Waals surface area contributed by atoms with Gasteiger partial charge >= 0.3 is 0 Å². The van der Waals surface area contributed by atoms with Gasteiger partial charge < -0.3 is 14.8 Å². The zero-order valence-electron chi connectivity index (χ0n) is 11.7. The fourth-order valence-corrected chi connectivity index (χ4v) is 1.91. The average Bonchev–Trinajstić information content (AvgIpc) is 2.40. The molecule has 0 heterocycles. The van der Waals surface area contributed by atoms with Crippen LogP contribution in [-0.4, -0.2) is 26.9 Å². The predicted octanol–water partition coefficient (Wildman–Crippen LogP) is 3.16. The first kappa shape index (κ1) is 15.0. The van der Waals surface area contributed by atoms with Crippen LogP contribution in [0.1, 0.15) is 38.3 Å². The SMILES string of the molecule is CCCOCCC(NC)c1cccc(OCC)c1. The molecule has 1 N–H and O–H groups in total. The van der Waals surface area contributed by atoms with E-state index < -0.39 is 0 Å². The van der Waals surface area contributed by atoms with Crippen LogP contribution < -0.4 is 10.1 Å². The minimum absolute atomic E-state index is 0.322. The Morgan fingerprint density at radius 2 is 2.06 bits per heavy atom. The number of hydrogen-bond donors (Lipinski definition) is 1. The van der Waals surface area contributed by atoms with Crippen molar-refractivity contribution in [2.45, 2.75) is 32.7 Å². The van der Waals surface area contributed by atoms with Gasteiger partial charge in [0.2, 0.25) is 0 Å². The molecule has 0 spiro atoms. The minimum Gasteiger partial charge on any atom is -0.494 e. The highest BCUT2D eigenvalue weighted by Crippen LogP contribution is 2.21. The highest BCUT2D eigenvalue weighted by molar-refractivity contribution is 5.30. The molecule has 0 fully saturated rings. The van der Waals surface area contributed by atoms with Crippen molar-refractivity contribution in [2.24, 2.45) is 0 Å². The summed E-state index contributed by atoms with van der Waals surface area (Å²) in [6, 6.07) is 8.58. The summed E-state index contributed by atoms with van der Waals surface area (Å²) in [5, 5.41) is 3.33. The van der Waals surface area contributed by atoms with Crippen LogP contribution in [0.5, 0.6) is 5.75 Å². The lowest BCUT2D eigenvalue weighted by Gasteiger charge is -2.17. The summed E-state index contributed by atoms with van der Waals surface area (Å²) in [6.45, 7) is 6.46. The van der Waals surface area contributed by atoms with Crippen molar-refractivity contribution in [2.75, 3.05) is 26.9 Å². The Balaban J connectivity index is 2.54. The predicted molar refractivity (Wildman–Crippen MR) is 75.1 cm³/mol. The lowest BCUT2D eigenvalue weighted by molar-refractivity contribution is 0.125. The maximum absolute atomic E-state index is 5.54. The number of hydrogen-bond acceptors (Lipinski definition) is 3. The molecule has 0 aliphatic rings. The molecule has 0 aliphatic heterocycles. The molecule has 102 valence electrons. The Hall–Kier alpha value is -1.06. The van der Waals surface area contributed by atoms with Crippen LogP contribution in [0.15, 0.2) is 24.3 Å². The summed E-state index contributed by atoms with van der Waals surface area (Å²) in [5.74, 6) is 0.935. The lowest BCUT2D eigenvalue weighted by Crippen LogP contribution is -2.18. The van der Waals surface area contributed by atoms with Crippen molar-refractivity contribution < 1.29 is 9.47 Å². The van der Waals surface area contributed by atoms with Gasteiger partial charge in [0.05, 0.1) is 6.61 Å². The molecule has 0 aliphatic carbocycles. The molecule has 1 rings (SSSR count). The number of benzene rings is 1. The Bertz CT molecular complexity index is 328. The Morgan fingerprint density at radius 1 is 1.22 bits per heavy atom. The topological polar surface area (TPSA) is 30.5 Å². The second-order valence-corrected chi connectivity index (χ2v) is 4.25. The maximum Gasteiger partial charge on any atom is 0.119 e. The molecule has 1 atom stereocenters. The van der Waals surface area contributed by atoms with Crippen LogP contribution in [0.4, 0.5) is 0 Å². The zero-order valence-corrected chi connectivity index (χ0v) is 11.7. The summed E-state index contributed by atoms with van der Waals surface area (Å²) >= 11 is 0. The van der Waals surface area contributed by atoms with Gasteiger partial charge in [-0.2, -0.15) is 0 Å². The number of rotatable bonds is 9. The molecular formula is C15H25NO2. The molecule has 1 aromatic rings. The molecule has 3 nitrogen and oxygen atoms in total. The van der Waals surface area contributed by atoms with Crippen LogP contribution in [0.3, 0.4) is 0 Å². The van der Waals surface area contributed by atoms with E-state index in [4.69, 9.17) is 9.47 Å². The van der Waals surface area contributed by atoms with Gasteiger partial charge in [0.25, 0.3) is 0 Å². The smallest absolute Gasteiger partial charge is 0.119 e. The van der Waals surface area contributed by atoms with Gasteiger partial charge in [-0.1, -0.05) is 19.1 Å². The largest absolute Gasteiger partial charge is 0.494 e. The molecular weight excluding hydrogens is 226 g/mol. The minimum atomic E-state index is 0.322. The van der Waals surface area contributed by atoms with Crippen LogP contribution >= 0.6 is 0 Å². The van der Waals surface area contributed by atoms with E-state index >= 15 is 0 Å². The number of nitrogens with one attached hydrogen (secondary N) is 1. The first-order valence-electron chi connectivity index (χ1n) is 6.79. The standard InChI is InChI=1S/C15H25NO2/c1-4-10-17-11-9-15(16-3)13-7-6-8-14(12-13)18-5-2/h6-8,12,15-16H,4-5,9-11H2,1-3H3. The fourth-order valence-electron chi connectivity index (χ4n) is 1.91. The monoisotopic (exact) mass is 251 g/mol. The van der Waals surface area contributed by atoms with E-state index in [2.05, 4.69) is 24.4 Å². The molecule has 1 unspecified atom stereocenters. The van der Waals surface area contributed by atoms with E-state index in [-0.39, 0.29) is 0 Å². The summed E-state index contributed by atoms with van der Waals surface area (Å²) in [7, 11) is 1.98. The first-order chi connectivity index (χ1) is 8.81.